The van der Waals surface area contributed by atoms with Crippen LogP contribution in [0.25, 0.3) is 0 Å². The lowest BCUT2D eigenvalue weighted by atomic mass is 9.82. The molecule has 0 radical (unpaired) electrons. The van der Waals surface area contributed by atoms with Crippen LogP contribution in [0.4, 0.5) is 0 Å². The summed E-state index contributed by atoms with van der Waals surface area (Å²) in [5.41, 5.74) is 1.56. The molecule has 2 aliphatic heterocycles. The van der Waals surface area contributed by atoms with E-state index >= 15 is 0 Å². The maximum atomic E-state index is 12.5. The quantitative estimate of drug-likeness (QED) is 0.724. The number of amides is 1. The van der Waals surface area contributed by atoms with E-state index in [0.717, 1.165) is 39.0 Å². The second kappa shape index (κ2) is 4.69. The van der Waals surface area contributed by atoms with Gasteiger partial charge in [0.25, 0.3) is 0 Å². The first-order chi connectivity index (χ1) is 8.33. The molecule has 2 rings (SSSR count). The van der Waals surface area contributed by atoms with Crippen molar-refractivity contribution >= 4 is 5.91 Å². The van der Waals surface area contributed by atoms with Gasteiger partial charge in [-0.3, -0.25) is 4.79 Å². The highest BCUT2D eigenvalue weighted by molar-refractivity contribution is 5.83. The third kappa shape index (κ3) is 2.61. The van der Waals surface area contributed by atoms with Gasteiger partial charge >= 0.3 is 0 Å². The lowest BCUT2D eigenvalue weighted by Gasteiger charge is -2.36. The van der Waals surface area contributed by atoms with E-state index < -0.39 is 0 Å². The van der Waals surface area contributed by atoms with E-state index in [4.69, 9.17) is 0 Å². The van der Waals surface area contributed by atoms with Gasteiger partial charge in [-0.05, 0) is 31.7 Å². The number of nitrogens with zero attached hydrogens (tertiary/aromatic N) is 1. The number of rotatable bonds is 1. The lowest BCUT2D eigenvalue weighted by Crippen LogP contribution is -2.45. The maximum absolute atomic E-state index is 12.5. The Balaban J connectivity index is 2.02. The minimum atomic E-state index is -0.174. The molecule has 1 N–H and O–H groups in total. The molecule has 0 aliphatic carbocycles. The summed E-state index contributed by atoms with van der Waals surface area (Å²) in [4.78, 5) is 14.6. The summed E-state index contributed by atoms with van der Waals surface area (Å²) < 4.78 is 0. The van der Waals surface area contributed by atoms with Crippen LogP contribution in [0.2, 0.25) is 0 Å². The van der Waals surface area contributed by atoms with Gasteiger partial charge in [-0.15, -0.1) is 0 Å². The summed E-state index contributed by atoms with van der Waals surface area (Å²) in [5.74, 6) is 0.330. The Morgan fingerprint density at radius 2 is 2.17 bits per heavy atom. The molecule has 18 heavy (non-hydrogen) atoms. The van der Waals surface area contributed by atoms with Crippen LogP contribution in [0, 0.1) is 10.8 Å². The van der Waals surface area contributed by atoms with Crippen molar-refractivity contribution in [1.82, 2.24) is 10.2 Å². The predicted molar refractivity (Wildman–Crippen MR) is 74.3 cm³/mol. The van der Waals surface area contributed by atoms with Gasteiger partial charge in [0.05, 0.1) is 5.41 Å². The topological polar surface area (TPSA) is 32.3 Å². The Morgan fingerprint density at radius 1 is 1.44 bits per heavy atom. The summed E-state index contributed by atoms with van der Waals surface area (Å²) in [5, 5.41) is 3.30. The first kappa shape index (κ1) is 13.6. The summed E-state index contributed by atoms with van der Waals surface area (Å²) in [6.07, 6.45) is 4.25. The second-order valence-electron chi connectivity index (χ2n) is 6.97. The van der Waals surface area contributed by atoms with E-state index in [2.05, 4.69) is 39.1 Å². The predicted octanol–water partition coefficient (Wildman–Crippen LogP) is 2.19. The van der Waals surface area contributed by atoms with Gasteiger partial charge in [-0.1, -0.05) is 32.4 Å². The van der Waals surface area contributed by atoms with Crippen LogP contribution in [0.3, 0.4) is 0 Å². The van der Waals surface area contributed by atoms with Crippen LogP contribution < -0.4 is 5.32 Å². The molecule has 102 valence electrons. The van der Waals surface area contributed by atoms with Crippen LogP contribution >= 0.6 is 0 Å². The first-order valence-corrected chi connectivity index (χ1v) is 7.02. The van der Waals surface area contributed by atoms with Crippen LogP contribution in [0.1, 0.15) is 40.5 Å². The Hall–Kier alpha value is -0.830. The number of nitrogens with one attached hydrogen (secondary N) is 1. The van der Waals surface area contributed by atoms with E-state index in [1.165, 1.54) is 5.57 Å². The van der Waals surface area contributed by atoms with E-state index in [9.17, 15) is 4.79 Å². The van der Waals surface area contributed by atoms with Crippen molar-refractivity contribution in [3.05, 3.63) is 11.6 Å². The molecule has 1 saturated heterocycles. The molecular weight excluding hydrogens is 224 g/mol. The fourth-order valence-corrected chi connectivity index (χ4v) is 2.92. The largest absolute Gasteiger partial charge is 0.338 e. The molecule has 1 unspecified atom stereocenters. The number of hydrogen-bond acceptors (Lipinski definition) is 2. The molecule has 2 heterocycles. The molecular formula is C15H26N2O. The molecule has 0 aromatic rings. The molecule has 1 fully saturated rings. The highest BCUT2D eigenvalue weighted by Crippen LogP contribution is 2.32. The minimum Gasteiger partial charge on any atom is -0.338 e. The summed E-state index contributed by atoms with van der Waals surface area (Å²) >= 11 is 0. The molecule has 0 saturated carbocycles. The first-order valence-electron chi connectivity index (χ1n) is 7.02. The van der Waals surface area contributed by atoms with Crippen molar-refractivity contribution in [2.24, 2.45) is 10.8 Å². The highest BCUT2D eigenvalue weighted by Gasteiger charge is 2.39. The summed E-state index contributed by atoms with van der Waals surface area (Å²) in [6.45, 7) is 12.3. The van der Waals surface area contributed by atoms with Crippen LogP contribution in [-0.2, 0) is 4.79 Å². The summed E-state index contributed by atoms with van der Waals surface area (Å²) in [6, 6.07) is 0. The summed E-state index contributed by atoms with van der Waals surface area (Å²) in [7, 11) is 0. The minimum absolute atomic E-state index is 0.174. The van der Waals surface area contributed by atoms with Crippen molar-refractivity contribution in [3.63, 3.8) is 0 Å². The van der Waals surface area contributed by atoms with Crippen molar-refractivity contribution in [3.8, 4) is 0 Å². The molecule has 2 aliphatic rings. The molecule has 1 amide bonds. The van der Waals surface area contributed by atoms with Gasteiger partial charge in [-0.2, -0.15) is 0 Å². The number of carbonyl (C=O) groups excluding carboxylic acids is 1. The average molecular weight is 250 g/mol. The van der Waals surface area contributed by atoms with E-state index in [1.54, 1.807) is 0 Å². The number of carbonyl (C=O) groups is 1. The fraction of sp³-hybridized carbons (Fsp3) is 0.800. The third-order valence-corrected chi connectivity index (χ3v) is 4.34. The SMILES string of the molecule is CC(C)(C)C1=CCN(C(=O)C2(C)CCNC2)CC1. The van der Waals surface area contributed by atoms with Crippen LogP contribution in [0.15, 0.2) is 11.6 Å². The van der Waals surface area contributed by atoms with Gasteiger partial charge in [0, 0.05) is 19.6 Å². The normalized spacial score (nSPS) is 29.3. The highest BCUT2D eigenvalue weighted by atomic mass is 16.2. The average Bonchev–Trinajstić information content (AvgIpc) is 2.75. The van der Waals surface area contributed by atoms with Gasteiger partial charge in [0.1, 0.15) is 0 Å². The molecule has 0 aromatic carbocycles. The van der Waals surface area contributed by atoms with Gasteiger partial charge < -0.3 is 10.2 Å². The van der Waals surface area contributed by atoms with E-state index in [-0.39, 0.29) is 10.8 Å². The maximum Gasteiger partial charge on any atom is 0.230 e. The Bertz CT molecular complexity index is 359. The second-order valence-corrected chi connectivity index (χ2v) is 6.97. The van der Waals surface area contributed by atoms with Crippen LogP contribution in [0.5, 0.6) is 0 Å². The van der Waals surface area contributed by atoms with Crippen molar-refractivity contribution < 1.29 is 4.79 Å². The Morgan fingerprint density at radius 3 is 2.61 bits per heavy atom. The molecule has 0 spiro atoms. The number of hydrogen-bond donors (Lipinski definition) is 1. The molecule has 3 heteroatoms. The zero-order valence-corrected chi connectivity index (χ0v) is 12.2. The van der Waals surface area contributed by atoms with E-state index in [1.807, 2.05) is 4.90 Å². The van der Waals surface area contributed by atoms with Gasteiger partial charge in [-0.25, -0.2) is 0 Å². The monoisotopic (exact) mass is 250 g/mol. The standard InChI is InChI=1S/C15H26N2O/c1-14(2,3)12-5-9-17(10-6-12)13(18)15(4)7-8-16-11-15/h5,16H,6-11H2,1-4H3. The van der Waals surface area contributed by atoms with Crippen LogP contribution in [-0.4, -0.2) is 37.0 Å². The fourth-order valence-electron chi connectivity index (χ4n) is 2.92. The zero-order chi connectivity index (χ0) is 13.4. The van der Waals surface area contributed by atoms with Crippen molar-refractivity contribution in [2.45, 2.75) is 40.5 Å². The Kier molecular flexibility index (Phi) is 3.54. The van der Waals surface area contributed by atoms with E-state index in [0.29, 0.717) is 5.91 Å². The zero-order valence-electron chi connectivity index (χ0n) is 12.2. The van der Waals surface area contributed by atoms with Gasteiger partial charge in [0.15, 0.2) is 0 Å². The molecule has 3 nitrogen and oxygen atoms in total. The smallest absolute Gasteiger partial charge is 0.230 e. The lowest BCUT2D eigenvalue weighted by molar-refractivity contribution is -0.139. The molecule has 0 bridgehead atoms. The van der Waals surface area contributed by atoms with Gasteiger partial charge in [0.2, 0.25) is 5.91 Å². The molecule has 0 aromatic heterocycles. The van der Waals surface area contributed by atoms with Crippen molar-refractivity contribution in [1.29, 1.82) is 0 Å². The Labute approximate surface area is 111 Å². The van der Waals surface area contributed by atoms with Crippen molar-refractivity contribution in [2.75, 3.05) is 26.2 Å². The third-order valence-electron chi connectivity index (χ3n) is 4.34. The molecule has 1 atom stereocenters.